The maximum atomic E-state index is 6.26. The normalized spacial score (nSPS) is 10.7. The molecule has 0 amide bonds. The zero-order valence-electron chi connectivity index (χ0n) is 12.4. The summed E-state index contributed by atoms with van der Waals surface area (Å²) < 4.78 is 0. The van der Waals surface area contributed by atoms with E-state index in [9.17, 15) is 0 Å². The average Bonchev–Trinajstić information content (AvgIpc) is 3.04. The van der Waals surface area contributed by atoms with Crippen molar-refractivity contribution in [2.75, 3.05) is 11.9 Å². The van der Waals surface area contributed by atoms with Gasteiger partial charge in [-0.3, -0.25) is 0 Å². The van der Waals surface area contributed by atoms with E-state index < -0.39 is 0 Å². The number of thiazole rings is 1. The number of rotatable bonds is 5. The predicted molar refractivity (Wildman–Crippen MR) is 97.4 cm³/mol. The summed E-state index contributed by atoms with van der Waals surface area (Å²) in [4.78, 5) is 14.2. The molecule has 1 N–H and O–H groups in total. The number of hydrogen-bond acceptors (Lipinski definition) is 5. The van der Waals surface area contributed by atoms with Crippen LogP contribution in [0.1, 0.15) is 13.3 Å². The summed E-state index contributed by atoms with van der Waals surface area (Å²) in [6.07, 6.45) is 4.59. The smallest absolute Gasteiger partial charge is 0.183 e. The first kappa shape index (κ1) is 16.2. The quantitative estimate of drug-likeness (QED) is 0.658. The Morgan fingerprint density at radius 2 is 2.04 bits per heavy atom. The molecule has 0 saturated heterocycles. The molecule has 2 aromatic heterocycles. The summed E-state index contributed by atoms with van der Waals surface area (Å²) in [7, 11) is 0. The summed E-state index contributed by atoms with van der Waals surface area (Å²) in [5.74, 6) is 0.548. The van der Waals surface area contributed by atoms with Crippen molar-refractivity contribution in [2.45, 2.75) is 13.3 Å². The van der Waals surface area contributed by atoms with Crippen LogP contribution in [0.15, 0.2) is 36.7 Å². The van der Waals surface area contributed by atoms with Crippen molar-refractivity contribution in [1.29, 1.82) is 0 Å². The van der Waals surface area contributed by atoms with Crippen molar-refractivity contribution >= 4 is 39.7 Å². The topological polar surface area (TPSA) is 50.7 Å². The number of nitrogens with zero attached hydrogens (tertiary/aromatic N) is 3. The number of anilines is 1. The zero-order chi connectivity index (χ0) is 16.2. The monoisotopic (exact) mass is 364 g/mol. The highest BCUT2D eigenvalue weighted by atomic mass is 35.5. The Hall–Kier alpha value is -1.69. The van der Waals surface area contributed by atoms with Crippen molar-refractivity contribution in [3.63, 3.8) is 0 Å². The molecular formula is C16H14Cl2N4S. The summed E-state index contributed by atoms with van der Waals surface area (Å²) in [5, 5.41) is 5.11. The lowest BCUT2D eigenvalue weighted by Gasteiger charge is -2.05. The minimum Gasteiger partial charge on any atom is -0.362 e. The summed E-state index contributed by atoms with van der Waals surface area (Å²) in [6.45, 7) is 3.02. The van der Waals surface area contributed by atoms with Crippen molar-refractivity contribution < 1.29 is 0 Å². The molecule has 0 aliphatic heterocycles. The van der Waals surface area contributed by atoms with Gasteiger partial charge in [0.2, 0.25) is 0 Å². The van der Waals surface area contributed by atoms with Crippen molar-refractivity contribution in [2.24, 2.45) is 0 Å². The Kier molecular flexibility index (Phi) is 5.10. The highest BCUT2D eigenvalue weighted by Gasteiger charge is 2.12. The largest absolute Gasteiger partial charge is 0.362 e. The van der Waals surface area contributed by atoms with Gasteiger partial charge in [-0.15, -0.1) is 0 Å². The van der Waals surface area contributed by atoms with Crippen LogP contribution in [0.5, 0.6) is 0 Å². The van der Waals surface area contributed by atoms with Crippen LogP contribution >= 0.6 is 34.5 Å². The van der Waals surface area contributed by atoms with E-state index in [0.717, 1.165) is 34.2 Å². The summed E-state index contributed by atoms with van der Waals surface area (Å²) in [6, 6.07) is 7.29. The Balaban J connectivity index is 1.94. The van der Waals surface area contributed by atoms with E-state index >= 15 is 0 Å². The standard InChI is InChI=1S/C16H14Cl2N4S/c1-2-7-20-16-21-9-13(23-16)12-6-8-19-15(22-12)10-4-3-5-11(17)14(10)18/h3-6,8-9H,2,7H2,1H3,(H,20,21). The maximum absolute atomic E-state index is 6.26. The lowest BCUT2D eigenvalue weighted by atomic mass is 10.2. The fourth-order valence-corrected chi connectivity index (χ4v) is 3.21. The molecule has 0 spiro atoms. The van der Waals surface area contributed by atoms with E-state index in [2.05, 4.69) is 27.2 Å². The second-order valence-electron chi connectivity index (χ2n) is 4.82. The van der Waals surface area contributed by atoms with E-state index in [1.54, 1.807) is 23.6 Å². The van der Waals surface area contributed by atoms with Gasteiger partial charge >= 0.3 is 0 Å². The first-order valence-electron chi connectivity index (χ1n) is 7.16. The van der Waals surface area contributed by atoms with E-state index in [4.69, 9.17) is 23.2 Å². The fourth-order valence-electron chi connectivity index (χ4n) is 2.01. The molecule has 3 rings (SSSR count). The van der Waals surface area contributed by atoms with E-state index in [1.165, 1.54) is 0 Å². The molecule has 7 heteroatoms. The number of halogens is 2. The molecule has 0 unspecified atom stereocenters. The molecule has 3 aromatic rings. The minimum absolute atomic E-state index is 0.459. The van der Waals surface area contributed by atoms with Crippen LogP contribution in [0.2, 0.25) is 10.0 Å². The van der Waals surface area contributed by atoms with Gasteiger partial charge in [0.25, 0.3) is 0 Å². The molecule has 4 nitrogen and oxygen atoms in total. The molecule has 0 fully saturated rings. The van der Waals surface area contributed by atoms with Crippen LogP contribution < -0.4 is 5.32 Å². The van der Waals surface area contributed by atoms with Gasteiger partial charge in [0, 0.05) is 24.5 Å². The highest BCUT2D eigenvalue weighted by Crippen LogP contribution is 2.33. The Labute approximate surface area is 148 Å². The summed E-state index contributed by atoms with van der Waals surface area (Å²) in [5.41, 5.74) is 1.53. The van der Waals surface area contributed by atoms with Gasteiger partial charge in [0.05, 0.1) is 20.6 Å². The molecule has 23 heavy (non-hydrogen) atoms. The lowest BCUT2D eigenvalue weighted by molar-refractivity contribution is 0.976. The first-order valence-corrected chi connectivity index (χ1v) is 8.73. The molecule has 118 valence electrons. The Bertz CT molecular complexity index is 819. The van der Waals surface area contributed by atoms with E-state index in [1.807, 2.05) is 24.4 Å². The SMILES string of the molecule is CCCNc1ncc(-c2ccnc(-c3cccc(Cl)c3Cl)n2)s1. The van der Waals surface area contributed by atoms with E-state index in [0.29, 0.717) is 15.9 Å². The van der Waals surface area contributed by atoms with Crippen LogP contribution in [-0.2, 0) is 0 Å². The van der Waals surface area contributed by atoms with Crippen LogP contribution in [-0.4, -0.2) is 21.5 Å². The molecule has 0 bridgehead atoms. The van der Waals surface area contributed by atoms with Gasteiger partial charge in [-0.1, -0.05) is 47.5 Å². The molecule has 0 aliphatic carbocycles. The highest BCUT2D eigenvalue weighted by molar-refractivity contribution is 7.18. The van der Waals surface area contributed by atoms with Gasteiger partial charge in [-0.25, -0.2) is 15.0 Å². The summed E-state index contributed by atoms with van der Waals surface area (Å²) >= 11 is 13.9. The Morgan fingerprint density at radius 3 is 2.87 bits per heavy atom. The first-order chi connectivity index (χ1) is 11.2. The van der Waals surface area contributed by atoms with Gasteiger partial charge in [-0.2, -0.15) is 0 Å². The van der Waals surface area contributed by atoms with Crippen molar-refractivity contribution in [3.05, 3.63) is 46.7 Å². The van der Waals surface area contributed by atoms with E-state index in [-0.39, 0.29) is 0 Å². The molecule has 0 atom stereocenters. The third-order valence-electron chi connectivity index (χ3n) is 3.13. The van der Waals surface area contributed by atoms with Gasteiger partial charge in [0.15, 0.2) is 11.0 Å². The number of benzene rings is 1. The van der Waals surface area contributed by atoms with Crippen LogP contribution in [0.4, 0.5) is 5.13 Å². The third kappa shape index (κ3) is 3.63. The zero-order valence-corrected chi connectivity index (χ0v) is 14.7. The minimum atomic E-state index is 0.459. The maximum Gasteiger partial charge on any atom is 0.183 e. The third-order valence-corrected chi connectivity index (χ3v) is 4.93. The predicted octanol–water partition coefficient (Wildman–Crippen LogP) is 5.40. The van der Waals surface area contributed by atoms with Crippen LogP contribution in [0.25, 0.3) is 22.0 Å². The molecule has 2 heterocycles. The molecule has 0 radical (unpaired) electrons. The Morgan fingerprint density at radius 1 is 1.17 bits per heavy atom. The molecule has 1 aromatic carbocycles. The van der Waals surface area contributed by atoms with Crippen LogP contribution in [0.3, 0.4) is 0 Å². The lowest BCUT2D eigenvalue weighted by Crippen LogP contribution is -1.97. The van der Waals surface area contributed by atoms with Gasteiger partial charge in [0.1, 0.15) is 0 Å². The molecule has 0 aliphatic rings. The second-order valence-corrected chi connectivity index (χ2v) is 6.64. The number of nitrogens with one attached hydrogen (secondary N) is 1. The average molecular weight is 365 g/mol. The van der Waals surface area contributed by atoms with Gasteiger partial charge in [-0.05, 0) is 24.6 Å². The molecular weight excluding hydrogens is 351 g/mol. The van der Waals surface area contributed by atoms with Crippen molar-refractivity contribution in [1.82, 2.24) is 15.0 Å². The fraction of sp³-hybridized carbons (Fsp3) is 0.188. The number of aromatic nitrogens is 3. The van der Waals surface area contributed by atoms with Crippen molar-refractivity contribution in [3.8, 4) is 22.0 Å². The van der Waals surface area contributed by atoms with Crippen LogP contribution in [0, 0.1) is 0 Å². The number of hydrogen-bond donors (Lipinski definition) is 1. The second kappa shape index (κ2) is 7.25. The molecule has 0 saturated carbocycles. The van der Waals surface area contributed by atoms with Gasteiger partial charge < -0.3 is 5.32 Å².